The van der Waals surface area contributed by atoms with Crippen LogP contribution in [0, 0.1) is 5.92 Å². The number of rotatable bonds is 7. The van der Waals surface area contributed by atoms with E-state index in [1.165, 1.54) is 31.6 Å². The number of benzene rings is 1. The minimum Gasteiger partial charge on any atom is -0.392 e. The molecule has 1 N–H and O–H groups in total. The zero-order chi connectivity index (χ0) is 14.4. The summed E-state index contributed by atoms with van der Waals surface area (Å²) in [5.74, 6) is 0.826. The van der Waals surface area contributed by atoms with Crippen LogP contribution in [0.2, 0.25) is 0 Å². The van der Waals surface area contributed by atoms with E-state index in [2.05, 4.69) is 35.8 Å². The average Bonchev–Trinajstić information content (AvgIpc) is 2.92. The van der Waals surface area contributed by atoms with Gasteiger partial charge in [0.15, 0.2) is 0 Å². The van der Waals surface area contributed by atoms with Gasteiger partial charge in [-0.1, -0.05) is 38.1 Å². The molecule has 20 heavy (non-hydrogen) atoms. The fourth-order valence-electron chi connectivity index (χ4n) is 3.06. The first-order valence-corrected chi connectivity index (χ1v) is 7.88. The molecule has 1 atom stereocenters. The summed E-state index contributed by atoms with van der Waals surface area (Å²) in [6.45, 7) is 11.7. The summed E-state index contributed by atoms with van der Waals surface area (Å²) >= 11 is 0. The SMILES string of the molecule is CCN(CC)CC1CCN(Cc2ccc(CO)cc2)C1. The highest BCUT2D eigenvalue weighted by atomic mass is 16.3. The second kappa shape index (κ2) is 7.77. The molecule has 0 spiro atoms. The van der Waals surface area contributed by atoms with Gasteiger partial charge >= 0.3 is 0 Å². The van der Waals surface area contributed by atoms with Gasteiger partial charge in [0.1, 0.15) is 0 Å². The topological polar surface area (TPSA) is 26.7 Å². The van der Waals surface area contributed by atoms with Crippen molar-refractivity contribution in [3.63, 3.8) is 0 Å². The van der Waals surface area contributed by atoms with E-state index in [1.807, 2.05) is 12.1 Å². The van der Waals surface area contributed by atoms with Gasteiger partial charge in [-0.15, -0.1) is 0 Å². The molecule has 1 fully saturated rings. The molecule has 1 aromatic carbocycles. The van der Waals surface area contributed by atoms with Gasteiger partial charge in [-0.2, -0.15) is 0 Å². The molecule has 0 saturated carbocycles. The lowest BCUT2D eigenvalue weighted by atomic mass is 10.1. The summed E-state index contributed by atoms with van der Waals surface area (Å²) in [6, 6.07) is 8.34. The molecule has 0 radical (unpaired) electrons. The van der Waals surface area contributed by atoms with Crippen LogP contribution in [0.4, 0.5) is 0 Å². The standard InChI is InChI=1S/C17H28N2O/c1-3-18(4-2)12-17-9-10-19(13-17)11-15-5-7-16(14-20)8-6-15/h5-8,17,20H,3-4,9-14H2,1-2H3. The van der Waals surface area contributed by atoms with Crippen LogP contribution in [-0.2, 0) is 13.2 Å². The van der Waals surface area contributed by atoms with Gasteiger partial charge in [-0.25, -0.2) is 0 Å². The van der Waals surface area contributed by atoms with Crippen LogP contribution in [0.25, 0.3) is 0 Å². The van der Waals surface area contributed by atoms with Crippen molar-refractivity contribution >= 4 is 0 Å². The molecule has 1 saturated heterocycles. The Bertz CT molecular complexity index is 386. The van der Waals surface area contributed by atoms with Gasteiger partial charge in [0.25, 0.3) is 0 Å². The van der Waals surface area contributed by atoms with E-state index < -0.39 is 0 Å². The zero-order valence-electron chi connectivity index (χ0n) is 12.9. The van der Waals surface area contributed by atoms with Crippen molar-refractivity contribution in [2.75, 3.05) is 32.7 Å². The summed E-state index contributed by atoms with van der Waals surface area (Å²) in [4.78, 5) is 5.09. The Morgan fingerprint density at radius 1 is 1.15 bits per heavy atom. The van der Waals surface area contributed by atoms with E-state index >= 15 is 0 Å². The van der Waals surface area contributed by atoms with Crippen molar-refractivity contribution in [1.29, 1.82) is 0 Å². The van der Waals surface area contributed by atoms with Crippen molar-refractivity contribution in [1.82, 2.24) is 9.80 Å². The van der Waals surface area contributed by atoms with Gasteiger partial charge in [0, 0.05) is 19.6 Å². The summed E-state index contributed by atoms with van der Waals surface area (Å²) in [5, 5.41) is 9.06. The molecule has 1 aliphatic rings. The van der Waals surface area contributed by atoms with E-state index in [9.17, 15) is 0 Å². The highest BCUT2D eigenvalue weighted by Gasteiger charge is 2.23. The molecule has 0 amide bonds. The van der Waals surface area contributed by atoms with Crippen LogP contribution < -0.4 is 0 Å². The number of aliphatic hydroxyl groups excluding tert-OH is 1. The molecule has 0 aliphatic carbocycles. The average molecular weight is 276 g/mol. The van der Waals surface area contributed by atoms with Gasteiger partial charge in [-0.3, -0.25) is 4.90 Å². The van der Waals surface area contributed by atoms with Crippen LogP contribution in [0.5, 0.6) is 0 Å². The van der Waals surface area contributed by atoms with Gasteiger partial charge in [-0.05, 0) is 43.1 Å². The molecule has 1 aliphatic heterocycles. The van der Waals surface area contributed by atoms with E-state index in [4.69, 9.17) is 5.11 Å². The number of aliphatic hydroxyl groups is 1. The smallest absolute Gasteiger partial charge is 0.0681 e. The molecular formula is C17H28N2O. The Kier molecular flexibility index (Phi) is 6.02. The van der Waals surface area contributed by atoms with Crippen molar-refractivity contribution < 1.29 is 5.11 Å². The molecule has 3 nitrogen and oxygen atoms in total. The molecule has 3 heteroatoms. The number of nitrogens with zero attached hydrogens (tertiary/aromatic N) is 2. The Labute approximate surface area is 123 Å². The van der Waals surface area contributed by atoms with Gasteiger partial charge in [0.2, 0.25) is 0 Å². The lowest BCUT2D eigenvalue weighted by Crippen LogP contribution is -2.30. The third-order valence-corrected chi connectivity index (χ3v) is 4.39. The quantitative estimate of drug-likeness (QED) is 0.828. The Hall–Kier alpha value is -0.900. The molecule has 0 bridgehead atoms. The lowest BCUT2D eigenvalue weighted by molar-refractivity contribution is 0.242. The normalized spacial score (nSPS) is 19.9. The maximum absolute atomic E-state index is 9.06. The molecule has 1 aromatic rings. The highest BCUT2D eigenvalue weighted by molar-refractivity contribution is 5.22. The van der Waals surface area contributed by atoms with Crippen LogP contribution in [-0.4, -0.2) is 47.6 Å². The van der Waals surface area contributed by atoms with E-state index in [0.29, 0.717) is 0 Å². The third-order valence-electron chi connectivity index (χ3n) is 4.39. The second-order valence-electron chi connectivity index (χ2n) is 5.85. The van der Waals surface area contributed by atoms with Crippen LogP contribution >= 0.6 is 0 Å². The van der Waals surface area contributed by atoms with Crippen molar-refractivity contribution in [3.8, 4) is 0 Å². The maximum Gasteiger partial charge on any atom is 0.0681 e. The van der Waals surface area contributed by atoms with Crippen molar-refractivity contribution in [3.05, 3.63) is 35.4 Å². The van der Waals surface area contributed by atoms with Crippen molar-refractivity contribution in [2.45, 2.75) is 33.4 Å². The predicted molar refractivity (Wildman–Crippen MR) is 83.5 cm³/mol. The van der Waals surface area contributed by atoms with Crippen LogP contribution in [0.1, 0.15) is 31.4 Å². The summed E-state index contributed by atoms with van der Waals surface area (Å²) in [7, 11) is 0. The summed E-state index contributed by atoms with van der Waals surface area (Å²) in [6.07, 6.45) is 1.32. The minimum absolute atomic E-state index is 0.135. The molecule has 1 unspecified atom stereocenters. The maximum atomic E-state index is 9.06. The van der Waals surface area contributed by atoms with E-state index in [0.717, 1.165) is 31.1 Å². The predicted octanol–water partition coefficient (Wildman–Crippen LogP) is 2.34. The van der Waals surface area contributed by atoms with Gasteiger partial charge < -0.3 is 10.0 Å². The number of hydrogen-bond acceptors (Lipinski definition) is 3. The molecule has 112 valence electrons. The van der Waals surface area contributed by atoms with Crippen molar-refractivity contribution in [2.24, 2.45) is 5.92 Å². The second-order valence-corrected chi connectivity index (χ2v) is 5.85. The largest absolute Gasteiger partial charge is 0.392 e. The fraction of sp³-hybridized carbons (Fsp3) is 0.647. The number of hydrogen-bond donors (Lipinski definition) is 1. The molecule has 0 aromatic heterocycles. The summed E-state index contributed by atoms with van der Waals surface area (Å²) < 4.78 is 0. The van der Waals surface area contributed by atoms with Crippen LogP contribution in [0.15, 0.2) is 24.3 Å². The van der Waals surface area contributed by atoms with E-state index in [-0.39, 0.29) is 6.61 Å². The van der Waals surface area contributed by atoms with Crippen LogP contribution in [0.3, 0.4) is 0 Å². The van der Waals surface area contributed by atoms with Gasteiger partial charge in [0.05, 0.1) is 6.61 Å². The summed E-state index contributed by atoms with van der Waals surface area (Å²) in [5.41, 5.74) is 2.35. The number of likely N-dealkylation sites (tertiary alicyclic amines) is 1. The zero-order valence-corrected chi connectivity index (χ0v) is 12.9. The molecule has 2 rings (SSSR count). The van der Waals surface area contributed by atoms with E-state index in [1.54, 1.807) is 0 Å². The fourth-order valence-corrected chi connectivity index (χ4v) is 3.06. The monoisotopic (exact) mass is 276 g/mol. The highest BCUT2D eigenvalue weighted by Crippen LogP contribution is 2.20. The Balaban J connectivity index is 1.80. The first-order valence-electron chi connectivity index (χ1n) is 7.88. The third kappa shape index (κ3) is 4.30. The molecular weight excluding hydrogens is 248 g/mol. The molecule has 1 heterocycles. The first kappa shape index (κ1) is 15.5. The Morgan fingerprint density at radius 2 is 1.80 bits per heavy atom. The lowest BCUT2D eigenvalue weighted by Gasteiger charge is -2.22. The first-order chi connectivity index (χ1) is 9.75. The minimum atomic E-state index is 0.135. The Morgan fingerprint density at radius 3 is 2.40 bits per heavy atom.